The number of amides is 2. The fourth-order valence-corrected chi connectivity index (χ4v) is 1.97. The number of sulfone groups is 1. The second-order valence-corrected chi connectivity index (χ2v) is 5.65. The fraction of sp³-hybridized carbons (Fsp3) is 0.667. The number of alkyl carbamates (subject to hydrolysis) is 1. The van der Waals surface area contributed by atoms with E-state index in [0.717, 1.165) is 18.3 Å². The molecule has 9 heteroatoms. The van der Waals surface area contributed by atoms with Gasteiger partial charge in [0.25, 0.3) is 5.91 Å². The third-order valence-electron chi connectivity index (χ3n) is 1.95. The highest BCUT2D eigenvalue weighted by atomic mass is 32.2. The summed E-state index contributed by atoms with van der Waals surface area (Å²) in [6, 6.07) is -1.34. The SMILES string of the molecule is CCN(C#N)C(=O)C(CS(C)(=O)=O)NC(=O)OC. The van der Waals surface area contributed by atoms with E-state index in [9.17, 15) is 18.0 Å². The Hall–Kier alpha value is -1.82. The van der Waals surface area contributed by atoms with Crippen LogP contribution < -0.4 is 5.32 Å². The van der Waals surface area contributed by atoms with E-state index >= 15 is 0 Å². The zero-order valence-electron chi connectivity index (χ0n) is 10.3. The molecule has 0 rings (SSSR count). The quantitative estimate of drug-likeness (QED) is 0.513. The van der Waals surface area contributed by atoms with Gasteiger partial charge in [-0.15, -0.1) is 0 Å². The zero-order chi connectivity index (χ0) is 14.3. The molecule has 0 bridgehead atoms. The number of carbonyl (C=O) groups excluding carboxylic acids is 2. The number of carbonyl (C=O) groups is 2. The summed E-state index contributed by atoms with van der Waals surface area (Å²) in [5.74, 6) is -1.39. The molecule has 0 aliphatic heterocycles. The third-order valence-corrected chi connectivity index (χ3v) is 2.89. The van der Waals surface area contributed by atoms with Gasteiger partial charge in [0.2, 0.25) is 0 Å². The summed E-state index contributed by atoms with van der Waals surface area (Å²) in [5, 5.41) is 10.8. The van der Waals surface area contributed by atoms with Crippen molar-refractivity contribution in [2.45, 2.75) is 13.0 Å². The van der Waals surface area contributed by atoms with Crippen LogP contribution in [0.15, 0.2) is 0 Å². The van der Waals surface area contributed by atoms with Crippen LogP contribution in [0.4, 0.5) is 4.79 Å². The molecule has 0 aliphatic rings. The first-order valence-electron chi connectivity index (χ1n) is 4.98. The molecule has 0 saturated carbocycles. The molecule has 18 heavy (non-hydrogen) atoms. The van der Waals surface area contributed by atoms with Crippen LogP contribution in [0.25, 0.3) is 0 Å². The smallest absolute Gasteiger partial charge is 0.407 e. The van der Waals surface area contributed by atoms with E-state index in [4.69, 9.17) is 5.26 Å². The molecular weight excluding hydrogens is 262 g/mol. The summed E-state index contributed by atoms with van der Waals surface area (Å²) in [4.78, 5) is 23.6. The minimum atomic E-state index is -3.50. The largest absolute Gasteiger partial charge is 0.453 e. The molecule has 0 aromatic carbocycles. The van der Waals surface area contributed by atoms with Crippen LogP contribution in [0.2, 0.25) is 0 Å². The summed E-state index contributed by atoms with van der Waals surface area (Å²) >= 11 is 0. The van der Waals surface area contributed by atoms with Gasteiger partial charge in [-0.3, -0.25) is 4.79 Å². The highest BCUT2D eigenvalue weighted by molar-refractivity contribution is 7.90. The molecule has 102 valence electrons. The summed E-state index contributed by atoms with van der Waals surface area (Å²) in [7, 11) is -2.42. The van der Waals surface area contributed by atoms with Gasteiger partial charge < -0.3 is 10.1 Å². The first-order valence-corrected chi connectivity index (χ1v) is 7.04. The molecule has 1 atom stereocenters. The average molecular weight is 277 g/mol. The lowest BCUT2D eigenvalue weighted by Gasteiger charge is -2.20. The number of nitrogens with one attached hydrogen (secondary N) is 1. The summed E-state index contributed by atoms with van der Waals surface area (Å²) < 4.78 is 26.6. The Balaban J connectivity index is 5.03. The number of rotatable bonds is 5. The topological polar surface area (TPSA) is 117 Å². The molecule has 0 spiro atoms. The maximum absolute atomic E-state index is 11.8. The van der Waals surface area contributed by atoms with Crippen molar-refractivity contribution in [2.24, 2.45) is 0 Å². The molecule has 2 amide bonds. The van der Waals surface area contributed by atoms with E-state index < -0.39 is 33.6 Å². The van der Waals surface area contributed by atoms with Crippen LogP contribution in [0.5, 0.6) is 0 Å². The third kappa shape index (κ3) is 5.49. The number of nitrogens with zero attached hydrogens (tertiary/aromatic N) is 2. The molecule has 0 aliphatic carbocycles. The Kier molecular flexibility index (Phi) is 6.12. The Morgan fingerprint density at radius 2 is 2.06 bits per heavy atom. The molecule has 0 radical (unpaired) electrons. The predicted molar refractivity (Wildman–Crippen MR) is 62.0 cm³/mol. The van der Waals surface area contributed by atoms with Crippen molar-refractivity contribution in [1.29, 1.82) is 5.26 Å². The van der Waals surface area contributed by atoms with E-state index in [1.807, 2.05) is 0 Å². The fourth-order valence-electron chi connectivity index (χ4n) is 1.14. The Bertz CT molecular complexity index is 453. The van der Waals surface area contributed by atoms with Gasteiger partial charge in [0.1, 0.15) is 15.9 Å². The second kappa shape index (κ2) is 6.80. The van der Waals surface area contributed by atoms with Crippen molar-refractivity contribution in [1.82, 2.24) is 10.2 Å². The zero-order valence-corrected chi connectivity index (χ0v) is 11.2. The summed E-state index contributed by atoms with van der Waals surface area (Å²) in [6.45, 7) is 1.63. The maximum Gasteiger partial charge on any atom is 0.407 e. The van der Waals surface area contributed by atoms with E-state index in [1.165, 1.54) is 0 Å². The van der Waals surface area contributed by atoms with Crippen molar-refractivity contribution in [3.05, 3.63) is 0 Å². The normalized spacial score (nSPS) is 12.1. The van der Waals surface area contributed by atoms with Crippen LogP contribution in [-0.4, -0.2) is 57.0 Å². The molecule has 1 N–H and O–H groups in total. The van der Waals surface area contributed by atoms with Gasteiger partial charge in [-0.25, -0.2) is 18.1 Å². The maximum atomic E-state index is 11.8. The highest BCUT2D eigenvalue weighted by Crippen LogP contribution is 1.99. The number of nitriles is 1. The highest BCUT2D eigenvalue weighted by Gasteiger charge is 2.29. The van der Waals surface area contributed by atoms with Crippen LogP contribution in [0, 0.1) is 11.5 Å². The molecule has 1 unspecified atom stereocenters. The van der Waals surface area contributed by atoms with Gasteiger partial charge in [-0.05, 0) is 6.92 Å². The average Bonchev–Trinajstić information content (AvgIpc) is 2.27. The van der Waals surface area contributed by atoms with Gasteiger partial charge in [-0.2, -0.15) is 5.26 Å². The standard InChI is InChI=1S/C9H15N3O5S/c1-4-12(6-10)8(13)7(5-18(3,15)16)11-9(14)17-2/h7H,4-5H2,1-3H3,(H,11,14). The molecule has 0 fully saturated rings. The lowest BCUT2D eigenvalue weighted by Crippen LogP contribution is -2.50. The van der Waals surface area contributed by atoms with Crippen molar-refractivity contribution in [3.8, 4) is 6.19 Å². The van der Waals surface area contributed by atoms with Crippen molar-refractivity contribution < 1.29 is 22.7 Å². The van der Waals surface area contributed by atoms with E-state index in [2.05, 4.69) is 10.1 Å². The molecule has 8 nitrogen and oxygen atoms in total. The lowest BCUT2D eigenvalue weighted by molar-refractivity contribution is -0.129. The Morgan fingerprint density at radius 1 is 1.50 bits per heavy atom. The van der Waals surface area contributed by atoms with Gasteiger partial charge >= 0.3 is 6.09 Å². The van der Waals surface area contributed by atoms with Crippen molar-refractivity contribution in [2.75, 3.05) is 25.7 Å². The van der Waals surface area contributed by atoms with Gasteiger partial charge in [0.05, 0.1) is 12.9 Å². The van der Waals surface area contributed by atoms with Gasteiger partial charge in [0, 0.05) is 12.8 Å². The first kappa shape index (κ1) is 16.2. The van der Waals surface area contributed by atoms with E-state index in [0.29, 0.717) is 0 Å². The van der Waals surface area contributed by atoms with E-state index in [-0.39, 0.29) is 6.54 Å². The molecule has 0 aromatic heterocycles. The minimum absolute atomic E-state index is 0.0818. The Labute approximate surface area is 105 Å². The monoisotopic (exact) mass is 277 g/mol. The summed E-state index contributed by atoms with van der Waals surface area (Å²) in [6.07, 6.45) is 1.59. The molecule has 0 aromatic rings. The second-order valence-electron chi connectivity index (χ2n) is 3.46. The molecular formula is C9H15N3O5S. The number of hydrogen-bond acceptors (Lipinski definition) is 6. The van der Waals surface area contributed by atoms with Gasteiger partial charge in [0.15, 0.2) is 6.19 Å². The number of likely N-dealkylation sites (N-methyl/N-ethyl adjacent to an activating group) is 1. The molecule has 0 saturated heterocycles. The van der Waals surface area contributed by atoms with Crippen LogP contribution in [0.3, 0.4) is 0 Å². The number of hydrogen-bond donors (Lipinski definition) is 1. The van der Waals surface area contributed by atoms with Crippen LogP contribution in [-0.2, 0) is 19.4 Å². The number of ether oxygens (including phenoxy) is 1. The lowest BCUT2D eigenvalue weighted by atomic mass is 10.3. The minimum Gasteiger partial charge on any atom is -0.453 e. The number of methoxy groups -OCH3 is 1. The van der Waals surface area contributed by atoms with Crippen molar-refractivity contribution >= 4 is 21.8 Å². The van der Waals surface area contributed by atoms with Gasteiger partial charge in [-0.1, -0.05) is 0 Å². The van der Waals surface area contributed by atoms with Crippen molar-refractivity contribution in [3.63, 3.8) is 0 Å². The van der Waals surface area contributed by atoms with Crippen LogP contribution >= 0.6 is 0 Å². The van der Waals surface area contributed by atoms with E-state index in [1.54, 1.807) is 13.1 Å². The predicted octanol–water partition coefficient (Wildman–Crippen LogP) is -0.915. The molecule has 0 heterocycles. The van der Waals surface area contributed by atoms with Crippen LogP contribution in [0.1, 0.15) is 6.92 Å². The first-order chi connectivity index (χ1) is 8.25. The Morgan fingerprint density at radius 3 is 2.39 bits per heavy atom. The summed E-state index contributed by atoms with van der Waals surface area (Å²) in [5.41, 5.74) is 0.